The molecule has 1 aromatic carbocycles. The normalized spacial score (nSPS) is 15.4. The molecule has 0 atom stereocenters. The van der Waals surface area contributed by atoms with Crippen LogP contribution in [0.15, 0.2) is 18.2 Å². The maximum absolute atomic E-state index is 11.0. The van der Waals surface area contributed by atoms with Crippen LogP contribution in [0, 0.1) is 17.0 Å². The molecule has 1 saturated heterocycles. The van der Waals surface area contributed by atoms with Crippen LogP contribution in [-0.2, 0) is 0 Å². The highest BCUT2D eigenvalue weighted by molar-refractivity contribution is 5.65. The van der Waals surface area contributed by atoms with Gasteiger partial charge in [-0.05, 0) is 25.5 Å². The third kappa shape index (κ3) is 2.24. The van der Waals surface area contributed by atoms with Crippen molar-refractivity contribution >= 4 is 11.4 Å². The molecule has 1 N–H and O–H groups in total. The number of aryl methyl sites for hydroxylation is 1. The van der Waals surface area contributed by atoms with Crippen LogP contribution in [-0.4, -0.2) is 30.6 Å². The molecule has 0 saturated carbocycles. The summed E-state index contributed by atoms with van der Waals surface area (Å²) in [7, 11) is 0. The van der Waals surface area contributed by atoms with Crippen molar-refractivity contribution in [1.29, 1.82) is 0 Å². The summed E-state index contributed by atoms with van der Waals surface area (Å²) >= 11 is 0. The summed E-state index contributed by atoms with van der Waals surface area (Å²) in [4.78, 5) is 12.9. The predicted octanol–water partition coefficient (Wildman–Crippen LogP) is 1.70. The minimum atomic E-state index is -0.302. The van der Waals surface area contributed by atoms with Crippen LogP contribution in [0.25, 0.3) is 0 Å². The summed E-state index contributed by atoms with van der Waals surface area (Å²) in [6.45, 7) is 6.58. The second-order valence-corrected chi connectivity index (χ2v) is 4.35. The lowest BCUT2D eigenvalue weighted by Crippen LogP contribution is -2.57. The van der Waals surface area contributed by atoms with Crippen molar-refractivity contribution in [3.8, 4) is 0 Å². The van der Waals surface area contributed by atoms with E-state index in [1.54, 1.807) is 12.1 Å². The van der Waals surface area contributed by atoms with E-state index in [-0.39, 0.29) is 10.6 Å². The molecule has 92 valence electrons. The molecule has 0 amide bonds. The molecule has 1 fully saturated rings. The molecule has 0 bridgehead atoms. The third-order valence-electron chi connectivity index (χ3n) is 3.18. The number of nitrogens with one attached hydrogen (secondary N) is 1. The van der Waals surface area contributed by atoms with Crippen molar-refractivity contribution < 1.29 is 4.92 Å². The SMILES string of the molecule is CCN(c1cc(C)ccc1[N+](=O)[O-])C1CNC1. The van der Waals surface area contributed by atoms with E-state index in [0.29, 0.717) is 6.04 Å². The number of hydrogen-bond donors (Lipinski definition) is 1. The predicted molar refractivity (Wildman–Crippen MR) is 67.5 cm³/mol. The Labute approximate surface area is 101 Å². The van der Waals surface area contributed by atoms with Gasteiger partial charge in [-0.2, -0.15) is 0 Å². The molecule has 0 spiro atoms. The van der Waals surface area contributed by atoms with E-state index >= 15 is 0 Å². The van der Waals surface area contributed by atoms with Gasteiger partial charge in [0.15, 0.2) is 0 Å². The van der Waals surface area contributed by atoms with Crippen LogP contribution < -0.4 is 10.2 Å². The Morgan fingerprint density at radius 1 is 1.53 bits per heavy atom. The van der Waals surface area contributed by atoms with Crippen LogP contribution in [0.1, 0.15) is 12.5 Å². The first-order valence-electron chi connectivity index (χ1n) is 5.86. The van der Waals surface area contributed by atoms with E-state index < -0.39 is 0 Å². The Morgan fingerprint density at radius 3 is 2.71 bits per heavy atom. The van der Waals surface area contributed by atoms with Crippen LogP contribution in [0.2, 0.25) is 0 Å². The van der Waals surface area contributed by atoms with Crippen molar-refractivity contribution in [2.75, 3.05) is 24.5 Å². The molecule has 0 aromatic heterocycles. The van der Waals surface area contributed by atoms with Gasteiger partial charge in [0.25, 0.3) is 5.69 Å². The molecule has 0 unspecified atom stereocenters. The average molecular weight is 235 g/mol. The fourth-order valence-corrected chi connectivity index (χ4v) is 2.14. The highest BCUT2D eigenvalue weighted by Gasteiger charge is 2.28. The highest BCUT2D eigenvalue weighted by atomic mass is 16.6. The van der Waals surface area contributed by atoms with Crippen LogP contribution in [0.4, 0.5) is 11.4 Å². The van der Waals surface area contributed by atoms with E-state index in [4.69, 9.17) is 0 Å². The Bertz CT molecular complexity index is 430. The van der Waals surface area contributed by atoms with Crippen molar-refractivity contribution in [3.05, 3.63) is 33.9 Å². The van der Waals surface area contributed by atoms with E-state index in [1.165, 1.54) is 0 Å². The largest absolute Gasteiger partial charge is 0.361 e. The fraction of sp³-hybridized carbons (Fsp3) is 0.500. The number of hydrogen-bond acceptors (Lipinski definition) is 4. The van der Waals surface area contributed by atoms with Gasteiger partial charge in [-0.25, -0.2) is 0 Å². The number of nitro groups is 1. The van der Waals surface area contributed by atoms with Gasteiger partial charge < -0.3 is 10.2 Å². The number of rotatable bonds is 4. The van der Waals surface area contributed by atoms with Gasteiger partial charge in [0.2, 0.25) is 0 Å². The molecule has 1 heterocycles. The van der Waals surface area contributed by atoms with Gasteiger partial charge in [-0.3, -0.25) is 10.1 Å². The Kier molecular flexibility index (Phi) is 3.28. The molecule has 5 heteroatoms. The maximum atomic E-state index is 11.0. The summed E-state index contributed by atoms with van der Waals surface area (Å²) in [6, 6.07) is 5.66. The number of benzene rings is 1. The molecule has 2 rings (SSSR count). The van der Waals surface area contributed by atoms with E-state index in [1.807, 2.05) is 19.9 Å². The van der Waals surface area contributed by atoms with Crippen molar-refractivity contribution in [2.24, 2.45) is 0 Å². The van der Waals surface area contributed by atoms with E-state index in [2.05, 4.69) is 10.2 Å². The summed E-state index contributed by atoms with van der Waals surface area (Å²) in [5, 5.41) is 14.2. The highest BCUT2D eigenvalue weighted by Crippen LogP contribution is 2.31. The molecular weight excluding hydrogens is 218 g/mol. The van der Waals surface area contributed by atoms with Gasteiger partial charge in [0.1, 0.15) is 5.69 Å². The monoisotopic (exact) mass is 235 g/mol. The van der Waals surface area contributed by atoms with Crippen LogP contribution in [0.3, 0.4) is 0 Å². The Balaban J connectivity index is 2.39. The lowest BCUT2D eigenvalue weighted by Gasteiger charge is -2.39. The van der Waals surface area contributed by atoms with Crippen molar-refractivity contribution in [2.45, 2.75) is 19.9 Å². The second-order valence-electron chi connectivity index (χ2n) is 4.35. The molecule has 5 nitrogen and oxygen atoms in total. The maximum Gasteiger partial charge on any atom is 0.292 e. The van der Waals surface area contributed by atoms with Gasteiger partial charge >= 0.3 is 0 Å². The summed E-state index contributed by atoms with van der Waals surface area (Å²) in [5.74, 6) is 0. The third-order valence-corrected chi connectivity index (χ3v) is 3.18. The molecule has 0 radical (unpaired) electrons. The number of likely N-dealkylation sites (N-methyl/N-ethyl adjacent to an activating group) is 1. The van der Waals surface area contributed by atoms with E-state index in [0.717, 1.165) is 30.9 Å². The smallest absolute Gasteiger partial charge is 0.292 e. The van der Waals surface area contributed by atoms with Crippen LogP contribution >= 0.6 is 0 Å². The molecule has 1 aromatic rings. The minimum absolute atomic E-state index is 0.198. The summed E-state index contributed by atoms with van der Waals surface area (Å²) in [5.41, 5.74) is 1.99. The molecule has 1 aliphatic heterocycles. The van der Waals surface area contributed by atoms with Gasteiger partial charge in [0.05, 0.1) is 11.0 Å². The second kappa shape index (κ2) is 4.71. The Hall–Kier alpha value is -1.62. The summed E-state index contributed by atoms with van der Waals surface area (Å²) in [6.07, 6.45) is 0. The number of nitrogens with zero attached hydrogens (tertiary/aromatic N) is 2. The standard InChI is InChI=1S/C12H17N3O2/c1-3-14(10-7-13-8-10)12-6-9(2)4-5-11(12)15(16)17/h4-6,10,13H,3,7-8H2,1-2H3. The number of anilines is 1. The lowest BCUT2D eigenvalue weighted by molar-refractivity contribution is -0.384. The summed E-state index contributed by atoms with van der Waals surface area (Å²) < 4.78 is 0. The van der Waals surface area contributed by atoms with Crippen molar-refractivity contribution in [1.82, 2.24) is 5.32 Å². The number of nitro benzene ring substituents is 1. The average Bonchev–Trinajstić information content (AvgIpc) is 2.22. The fourth-order valence-electron chi connectivity index (χ4n) is 2.14. The van der Waals surface area contributed by atoms with Crippen LogP contribution in [0.5, 0.6) is 0 Å². The Morgan fingerprint density at radius 2 is 2.24 bits per heavy atom. The first-order chi connectivity index (χ1) is 8.13. The van der Waals surface area contributed by atoms with Gasteiger partial charge in [0, 0.05) is 25.7 Å². The zero-order valence-electron chi connectivity index (χ0n) is 10.1. The lowest BCUT2D eigenvalue weighted by atomic mass is 10.1. The topological polar surface area (TPSA) is 58.4 Å². The van der Waals surface area contributed by atoms with E-state index in [9.17, 15) is 10.1 Å². The van der Waals surface area contributed by atoms with Crippen molar-refractivity contribution in [3.63, 3.8) is 0 Å². The minimum Gasteiger partial charge on any atom is -0.361 e. The first-order valence-corrected chi connectivity index (χ1v) is 5.86. The molecule has 1 aliphatic rings. The van der Waals surface area contributed by atoms with Gasteiger partial charge in [-0.1, -0.05) is 6.07 Å². The van der Waals surface area contributed by atoms with Gasteiger partial charge in [-0.15, -0.1) is 0 Å². The molecular formula is C12H17N3O2. The first kappa shape index (κ1) is 11.9. The zero-order valence-corrected chi connectivity index (χ0v) is 10.1. The molecule has 0 aliphatic carbocycles. The zero-order chi connectivity index (χ0) is 12.4. The molecule has 17 heavy (non-hydrogen) atoms. The quantitative estimate of drug-likeness (QED) is 0.637.